The number of pyridine rings is 1. The highest BCUT2D eigenvalue weighted by atomic mass is 16.5. The van der Waals surface area contributed by atoms with Gasteiger partial charge in [0.25, 0.3) is 0 Å². The summed E-state index contributed by atoms with van der Waals surface area (Å²) in [6, 6.07) is 13.2. The molecule has 5 nitrogen and oxygen atoms in total. The number of aromatic nitrogens is 1. The molecule has 122 valence electrons. The smallest absolute Gasteiger partial charge is 0.321 e. The molecule has 2 aromatic rings. The minimum atomic E-state index is -0.119. The first kappa shape index (κ1) is 16.8. The van der Waals surface area contributed by atoms with Crippen LogP contribution < -0.4 is 10.1 Å². The maximum atomic E-state index is 11.8. The monoisotopic (exact) mass is 313 g/mol. The molecule has 0 aliphatic carbocycles. The van der Waals surface area contributed by atoms with Gasteiger partial charge >= 0.3 is 6.03 Å². The minimum Gasteiger partial charge on any atom is -0.493 e. The Balaban J connectivity index is 1.82. The Morgan fingerprint density at radius 3 is 2.61 bits per heavy atom. The van der Waals surface area contributed by atoms with E-state index >= 15 is 0 Å². The number of urea groups is 1. The Morgan fingerprint density at radius 2 is 1.96 bits per heavy atom. The molecule has 0 bridgehead atoms. The number of hydrogen-bond acceptors (Lipinski definition) is 3. The van der Waals surface area contributed by atoms with Crippen LogP contribution in [0.3, 0.4) is 0 Å². The van der Waals surface area contributed by atoms with Gasteiger partial charge in [0.2, 0.25) is 0 Å². The molecule has 0 aliphatic rings. The van der Waals surface area contributed by atoms with Gasteiger partial charge in [-0.05, 0) is 50.2 Å². The van der Waals surface area contributed by atoms with Gasteiger partial charge in [-0.3, -0.25) is 4.98 Å². The van der Waals surface area contributed by atoms with E-state index in [1.807, 2.05) is 56.3 Å². The summed E-state index contributed by atoms with van der Waals surface area (Å²) < 4.78 is 5.72. The van der Waals surface area contributed by atoms with Crippen molar-refractivity contribution in [3.05, 3.63) is 53.9 Å². The molecular formula is C18H23N3O2. The fourth-order valence-electron chi connectivity index (χ4n) is 2.01. The van der Waals surface area contributed by atoms with Gasteiger partial charge in [-0.25, -0.2) is 4.79 Å². The summed E-state index contributed by atoms with van der Waals surface area (Å²) in [5.41, 5.74) is 2.79. The van der Waals surface area contributed by atoms with Crippen LogP contribution in [0.2, 0.25) is 0 Å². The molecule has 23 heavy (non-hydrogen) atoms. The lowest BCUT2D eigenvalue weighted by molar-refractivity contribution is 0.224. The van der Waals surface area contributed by atoms with Crippen LogP contribution >= 0.6 is 0 Å². The Labute approximate surface area is 137 Å². The first-order chi connectivity index (χ1) is 11.1. The van der Waals surface area contributed by atoms with Gasteiger partial charge in [-0.2, -0.15) is 0 Å². The molecule has 0 atom stereocenters. The number of benzene rings is 1. The fraction of sp³-hybridized carbons (Fsp3) is 0.333. The van der Waals surface area contributed by atoms with Crippen LogP contribution in [0, 0.1) is 6.92 Å². The quantitative estimate of drug-likeness (QED) is 0.888. The molecule has 1 aromatic heterocycles. The summed E-state index contributed by atoms with van der Waals surface area (Å²) >= 11 is 0. The van der Waals surface area contributed by atoms with E-state index in [-0.39, 0.29) is 6.03 Å². The zero-order valence-corrected chi connectivity index (χ0v) is 13.9. The largest absolute Gasteiger partial charge is 0.493 e. The summed E-state index contributed by atoms with van der Waals surface area (Å²) in [5.74, 6) is 0.777. The summed E-state index contributed by atoms with van der Waals surface area (Å²) in [7, 11) is 1.76. The van der Waals surface area contributed by atoms with E-state index in [2.05, 4.69) is 10.3 Å². The molecule has 5 heteroatoms. The number of carbonyl (C=O) groups is 1. The van der Waals surface area contributed by atoms with E-state index in [0.717, 1.165) is 29.2 Å². The van der Waals surface area contributed by atoms with Crippen LogP contribution in [0.1, 0.15) is 18.3 Å². The Hall–Kier alpha value is -2.56. The van der Waals surface area contributed by atoms with Crippen molar-refractivity contribution in [3.63, 3.8) is 0 Å². The Kier molecular flexibility index (Phi) is 5.97. The molecule has 1 aromatic carbocycles. The number of aryl methyl sites for hydroxylation is 1. The molecule has 0 saturated heterocycles. The summed E-state index contributed by atoms with van der Waals surface area (Å²) in [4.78, 5) is 17.8. The van der Waals surface area contributed by atoms with Crippen molar-refractivity contribution < 1.29 is 9.53 Å². The van der Waals surface area contributed by atoms with Gasteiger partial charge in [-0.1, -0.05) is 6.07 Å². The lowest BCUT2D eigenvalue weighted by atomic mass is 10.2. The molecule has 0 spiro atoms. The zero-order chi connectivity index (χ0) is 16.7. The van der Waals surface area contributed by atoms with Crippen LogP contribution in [0.4, 0.5) is 10.5 Å². The highest BCUT2D eigenvalue weighted by Gasteiger charge is 2.06. The number of amides is 2. The molecule has 2 rings (SSSR count). The van der Waals surface area contributed by atoms with E-state index in [4.69, 9.17) is 4.74 Å². The second-order valence-electron chi connectivity index (χ2n) is 5.34. The second-order valence-corrected chi connectivity index (χ2v) is 5.34. The average Bonchev–Trinajstić information content (AvgIpc) is 2.55. The Morgan fingerprint density at radius 1 is 1.22 bits per heavy atom. The number of carbonyl (C=O) groups excluding carboxylic acids is 1. The van der Waals surface area contributed by atoms with Gasteiger partial charge in [0.1, 0.15) is 5.75 Å². The highest BCUT2D eigenvalue weighted by molar-refractivity contribution is 5.89. The topological polar surface area (TPSA) is 54.5 Å². The molecule has 1 heterocycles. The first-order valence-electron chi connectivity index (χ1n) is 7.76. The van der Waals surface area contributed by atoms with Crippen molar-refractivity contribution in [3.8, 4) is 5.75 Å². The highest BCUT2D eigenvalue weighted by Crippen LogP contribution is 2.16. The first-order valence-corrected chi connectivity index (χ1v) is 7.76. The van der Waals surface area contributed by atoms with Crippen molar-refractivity contribution in [2.24, 2.45) is 0 Å². The third-order valence-corrected chi connectivity index (χ3v) is 3.50. The number of rotatable bonds is 6. The summed E-state index contributed by atoms with van der Waals surface area (Å²) in [6.45, 7) is 5.15. The lowest BCUT2D eigenvalue weighted by Crippen LogP contribution is -2.30. The molecule has 0 aliphatic heterocycles. The van der Waals surface area contributed by atoms with Gasteiger partial charge < -0.3 is 15.0 Å². The normalized spacial score (nSPS) is 10.2. The molecule has 0 unspecified atom stereocenters. The second kappa shape index (κ2) is 8.17. The number of nitrogens with zero attached hydrogens (tertiary/aromatic N) is 2. The SMILES string of the molecule is CCN(C)C(=O)Nc1ccc(OCCc2cccc(C)n2)cc1. The number of hydrogen-bond donors (Lipinski definition) is 1. The molecule has 0 radical (unpaired) electrons. The standard InChI is InChI=1S/C18H23N3O2/c1-4-21(3)18(22)20-16-8-10-17(11-9-16)23-13-12-15-7-5-6-14(2)19-15/h5-11H,4,12-13H2,1-3H3,(H,20,22). The third-order valence-electron chi connectivity index (χ3n) is 3.50. The average molecular weight is 313 g/mol. The van der Waals surface area contributed by atoms with E-state index in [1.54, 1.807) is 11.9 Å². The Bertz CT molecular complexity index is 641. The van der Waals surface area contributed by atoms with Crippen LogP contribution in [0.5, 0.6) is 5.75 Å². The number of nitrogens with one attached hydrogen (secondary N) is 1. The summed E-state index contributed by atoms with van der Waals surface area (Å²) in [6.07, 6.45) is 0.765. The van der Waals surface area contributed by atoms with Crippen molar-refractivity contribution >= 4 is 11.7 Å². The van der Waals surface area contributed by atoms with Gasteiger partial charge in [0.15, 0.2) is 0 Å². The number of anilines is 1. The summed E-state index contributed by atoms with van der Waals surface area (Å²) in [5, 5.41) is 2.83. The fourth-order valence-corrected chi connectivity index (χ4v) is 2.01. The molecule has 0 saturated carbocycles. The third kappa shape index (κ3) is 5.29. The van der Waals surface area contributed by atoms with E-state index < -0.39 is 0 Å². The van der Waals surface area contributed by atoms with Crippen LogP contribution in [0.25, 0.3) is 0 Å². The van der Waals surface area contributed by atoms with Crippen molar-refractivity contribution in [2.45, 2.75) is 20.3 Å². The maximum absolute atomic E-state index is 11.8. The maximum Gasteiger partial charge on any atom is 0.321 e. The van der Waals surface area contributed by atoms with Crippen LogP contribution in [-0.2, 0) is 6.42 Å². The van der Waals surface area contributed by atoms with E-state index in [1.165, 1.54) is 0 Å². The lowest BCUT2D eigenvalue weighted by Gasteiger charge is -2.15. The molecule has 2 amide bonds. The van der Waals surface area contributed by atoms with Crippen molar-refractivity contribution in [2.75, 3.05) is 25.5 Å². The minimum absolute atomic E-state index is 0.119. The molecular weight excluding hydrogens is 290 g/mol. The number of ether oxygens (including phenoxy) is 1. The van der Waals surface area contributed by atoms with Crippen LogP contribution in [0.15, 0.2) is 42.5 Å². The zero-order valence-electron chi connectivity index (χ0n) is 13.9. The predicted molar refractivity (Wildman–Crippen MR) is 91.9 cm³/mol. The van der Waals surface area contributed by atoms with E-state index in [0.29, 0.717) is 13.2 Å². The van der Waals surface area contributed by atoms with Crippen molar-refractivity contribution in [1.82, 2.24) is 9.88 Å². The molecule has 1 N–H and O–H groups in total. The van der Waals surface area contributed by atoms with Gasteiger partial charge in [0, 0.05) is 37.1 Å². The molecule has 0 fully saturated rings. The predicted octanol–water partition coefficient (Wildman–Crippen LogP) is 3.50. The van der Waals surface area contributed by atoms with Gasteiger partial charge in [-0.15, -0.1) is 0 Å². The van der Waals surface area contributed by atoms with Crippen LogP contribution in [-0.4, -0.2) is 36.1 Å². The van der Waals surface area contributed by atoms with E-state index in [9.17, 15) is 4.79 Å². The van der Waals surface area contributed by atoms with Crippen molar-refractivity contribution in [1.29, 1.82) is 0 Å². The van der Waals surface area contributed by atoms with Gasteiger partial charge in [0.05, 0.1) is 6.61 Å².